The number of nitrogens with zero attached hydrogens (tertiary/aromatic N) is 4. The molecule has 1 N–H and O–H groups in total. The first-order chi connectivity index (χ1) is 12.5. The molecule has 9 heteroatoms. The fraction of sp³-hybridized carbons (Fsp3) is 0.294. The van der Waals surface area contributed by atoms with E-state index >= 15 is 0 Å². The van der Waals surface area contributed by atoms with Crippen molar-refractivity contribution in [2.45, 2.75) is 25.3 Å². The molecular formula is C17H15F2N5O2. The van der Waals surface area contributed by atoms with Gasteiger partial charge < -0.3 is 14.4 Å². The first-order valence-electron chi connectivity index (χ1n) is 8.05. The second kappa shape index (κ2) is 6.32. The topological polar surface area (TPSA) is 85.8 Å². The van der Waals surface area contributed by atoms with Gasteiger partial charge in [-0.1, -0.05) is 17.3 Å². The summed E-state index contributed by atoms with van der Waals surface area (Å²) in [6, 6.07) is 5.35. The van der Waals surface area contributed by atoms with Crippen molar-refractivity contribution in [3.05, 3.63) is 53.4 Å². The molecule has 1 aromatic carbocycles. The Hall–Kier alpha value is -3.10. The first-order valence-corrected chi connectivity index (χ1v) is 8.05. The number of benzene rings is 1. The van der Waals surface area contributed by atoms with Crippen LogP contribution in [0.25, 0.3) is 11.4 Å². The number of alkyl halides is 2. The summed E-state index contributed by atoms with van der Waals surface area (Å²) in [5.41, 5.74) is 3.13. The standard InChI is InChI=1S/C17H15F2N5O2/c1-24-8-20-7-13(24)16(25)21-12-5-3-9-6-10(2-4-11(9)12)15-22-17(14(18)19)26-23-15/h2,4,6-8,12,14H,3,5H2,1H3,(H,21,25). The highest BCUT2D eigenvalue weighted by atomic mass is 19.3. The van der Waals surface area contributed by atoms with E-state index in [1.165, 1.54) is 6.20 Å². The van der Waals surface area contributed by atoms with E-state index in [2.05, 4.69) is 25.0 Å². The molecule has 0 radical (unpaired) electrons. The Morgan fingerprint density at radius 1 is 1.42 bits per heavy atom. The van der Waals surface area contributed by atoms with Crippen LogP contribution in [-0.4, -0.2) is 25.6 Å². The highest BCUT2D eigenvalue weighted by molar-refractivity contribution is 5.92. The van der Waals surface area contributed by atoms with Crippen LogP contribution in [0.15, 0.2) is 35.2 Å². The Kier molecular flexibility index (Phi) is 3.98. The summed E-state index contributed by atoms with van der Waals surface area (Å²) in [5, 5.41) is 6.61. The molecule has 2 heterocycles. The molecule has 0 spiro atoms. The van der Waals surface area contributed by atoms with Gasteiger partial charge in [-0.3, -0.25) is 4.79 Å². The Balaban J connectivity index is 1.54. The van der Waals surface area contributed by atoms with Crippen molar-refractivity contribution in [2.24, 2.45) is 7.05 Å². The van der Waals surface area contributed by atoms with Crippen molar-refractivity contribution in [3.63, 3.8) is 0 Å². The van der Waals surface area contributed by atoms with Gasteiger partial charge in [0, 0.05) is 12.6 Å². The summed E-state index contributed by atoms with van der Waals surface area (Å²) in [4.78, 5) is 20.0. The molecule has 0 fully saturated rings. The lowest BCUT2D eigenvalue weighted by molar-refractivity contribution is 0.0928. The Morgan fingerprint density at radius 2 is 2.27 bits per heavy atom. The molecule has 134 valence electrons. The minimum atomic E-state index is -2.79. The molecule has 0 saturated heterocycles. The first kappa shape index (κ1) is 16.4. The van der Waals surface area contributed by atoms with Gasteiger partial charge >= 0.3 is 6.43 Å². The smallest absolute Gasteiger partial charge is 0.315 e. The number of carbonyl (C=O) groups is 1. The van der Waals surface area contributed by atoms with E-state index in [9.17, 15) is 13.6 Å². The molecule has 1 aliphatic carbocycles. The summed E-state index contributed by atoms with van der Waals surface area (Å²) in [6.07, 6.45) is 1.82. The van der Waals surface area contributed by atoms with Crippen LogP contribution >= 0.6 is 0 Å². The van der Waals surface area contributed by atoms with Gasteiger partial charge in [0.15, 0.2) is 0 Å². The zero-order valence-corrected chi connectivity index (χ0v) is 13.8. The lowest BCUT2D eigenvalue weighted by atomic mass is 10.0. The van der Waals surface area contributed by atoms with Crippen LogP contribution < -0.4 is 5.32 Å². The average molecular weight is 359 g/mol. The van der Waals surface area contributed by atoms with Crippen LogP contribution in [0.5, 0.6) is 0 Å². The van der Waals surface area contributed by atoms with Crippen molar-refractivity contribution in [1.82, 2.24) is 25.0 Å². The summed E-state index contributed by atoms with van der Waals surface area (Å²) in [7, 11) is 1.76. The maximum Gasteiger partial charge on any atom is 0.315 e. The van der Waals surface area contributed by atoms with E-state index in [1.54, 1.807) is 24.0 Å². The summed E-state index contributed by atoms with van der Waals surface area (Å²) >= 11 is 0. The van der Waals surface area contributed by atoms with Crippen molar-refractivity contribution < 1.29 is 18.1 Å². The van der Waals surface area contributed by atoms with Crippen LogP contribution in [0.1, 0.15) is 46.4 Å². The molecule has 4 rings (SSSR count). The predicted molar refractivity (Wildman–Crippen MR) is 86.4 cm³/mol. The second-order valence-electron chi connectivity index (χ2n) is 6.13. The highest BCUT2D eigenvalue weighted by Gasteiger charge is 2.26. The van der Waals surface area contributed by atoms with Gasteiger partial charge in [0.05, 0.1) is 18.6 Å². The molecule has 26 heavy (non-hydrogen) atoms. The average Bonchev–Trinajstić information content (AvgIpc) is 3.34. The van der Waals surface area contributed by atoms with E-state index in [1.807, 2.05) is 12.1 Å². The van der Waals surface area contributed by atoms with E-state index < -0.39 is 12.3 Å². The molecule has 0 saturated carbocycles. The Morgan fingerprint density at radius 3 is 2.96 bits per heavy atom. The fourth-order valence-electron chi connectivity index (χ4n) is 3.16. The van der Waals surface area contributed by atoms with E-state index in [0.717, 1.165) is 24.0 Å². The van der Waals surface area contributed by atoms with E-state index in [-0.39, 0.29) is 17.8 Å². The van der Waals surface area contributed by atoms with Gasteiger partial charge in [0.25, 0.3) is 11.8 Å². The summed E-state index contributed by atoms with van der Waals surface area (Å²) in [5.74, 6) is -0.751. The van der Waals surface area contributed by atoms with Crippen LogP contribution in [0.2, 0.25) is 0 Å². The number of rotatable bonds is 4. The number of hydrogen-bond donors (Lipinski definition) is 1. The zero-order valence-electron chi connectivity index (χ0n) is 13.8. The van der Waals surface area contributed by atoms with Gasteiger partial charge in [-0.15, -0.1) is 0 Å². The molecule has 0 bridgehead atoms. The molecule has 3 aromatic rings. The minimum Gasteiger partial charge on any atom is -0.344 e. The van der Waals surface area contributed by atoms with E-state index in [4.69, 9.17) is 0 Å². The summed E-state index contributed by atoms with van der Waals surface area (Å²) in [6.45, 7) is 0. The maximum absolute atomic E-state index is 12.6. The largest absolute Gasteiger partial charge is 0.344 e. The van der Waals surface area contributed by atoms with Crippen molar-refractivity contribution in [2.75, 3.05) is 0 Å². The number of aromatic nitrogens is 4. The van der Waals surface area contributed by atoms with Gasteiger partial charge in [-0.05, 0) is 30.0 Å². The van der Waals surface area contributed by atoms with Gasteiger partial charge in [-0.2, -0.15) is 13.8 Å². The van der Waals surface area contributed by atoms with Crippen molar-refractivity contribution in [1.29, 1.82) is 0 Å². The quantitative estimate of drug-likeness (QED) is 0.774. The number of amides is 1. The van der Waals surface area contributed by atoms with Gasteiger partial charge in [0.2, 0.25) is 5.82 Å². The number of nitrogens with one attached hydrogen (secondary N) is 1. The highest BCUT2D eigenvalue weighted by Crippen LogP contribution is 2.34. The monoisotopic (exact) mass is 359 g/mol. The normalized spacial score (nSPS) is 16.1. The lowest BCUT2D eigenvalue weighted by Gasteiger charge is -2.14. The van der Waals surface area contributed by atoms with Gasteiger partial charge in [-0.25, -0.2) is 4.98 Å². The number of carbonyl (C=O) groups excluding carboxylic acids is 1. The molecule has 7 nitrogen and oxygen atoms in total. The molecule has 1 amide bonds. The van der Waals surface area contributed by atoms with Crippen molar-refractivity contribution >= 4 is 5.91 Å². The Labute approximate surface area is 147 Å². The van der Waals surface area contributed by atoms with Crippen LogP contribution in [0.3, 0.4) is 0 Å². The second-order valence-corrected chi connectivity index (χ2v) is 6.13. The number of halogens is 2. The minimum absolute atomic E-state index is 0.108. The van der Waals surface area contributed by atoms with Crippen LogP contribution in [-0.2, 0) is 13.5 Å². The van der Waals surface area contributed by atoms with Crippen LogP contribution in [0, 0.1) is 0 Å². The van der Waals surface area contributed by atoms with Crippen molar-refractivity contribution in [3.8, 4) is 11.4 Å². The molecule has 1 atom stereocenters. The zero-order chi connectivity index (χ0) is 18.3. The fourth-order valence-corrected chi connectivity index (χ4v) is 3.16. The molecule has 0 aliphatic heterocycles. The molecular weight excluding hydrogens is 344 g/mol. The lowest BCUT2D eigenvalue weighted by Crippen LogP contribution is -2.28. The molecule has 1 aliphatic rings. The third-order valence-electron chi connectivity index (χ3n) is 4.46. The molecule has 1 unspecified atom stereocenters. The van der Waals surface area contributed by atoms with Crippen LogP contribution in [0.4, 0.5) is 8.78 Å². The third kappa shape index (κ3) is 2.85. The maximum atomic E-state index is 12.6. The number of aryl methyl sites for hydroxylation is 2. The summed E-state index contributed by atoms with van der Waals surface area (Å²) < 4.78 is 31.4. The predicted octanol–water partition coefficient (Wildman–Crippen LogP) is 2.83. The van der Waals surface area contributed by atoms with E-state index in [0.29, 0.717) is 11.3 Å². The number of hydrogen-bond acceptors (Lipinski definition) is 5. The number of fused-ring (bicyclic) bond motifs is 1. The SMILES string of the molecule is Cn1cncc1C(=O)NC1CCc2cc(-c3noc(C(F)F)n3)ccc21. The molecule has 2 aromatic heterocycles. The van der Waals surface area contributed by atoms with Gasteiger partial charge in [0.1, 0.15) is 5.69 Å². The number of imidazole rings is 1. The third-order valence-corrected chi connectivity index (χ3v) is 4.46. The Bertz CT molecular complexity index is 966.